The first-order valence-corrected chi connectivity index (χ1v) is 36.4. The van der Waals surface area contributed by atoms with E-state index in [1.807, 2.05) is 68.8 Å². The molecule has 0 bridgehead atoms. The molecule has 97 heavy (non-hydrogen) atoms. The van der Waals surface area contributed by atoms with Gasteiger partial charge in [-0.3, -0.25) is 0 Å². The number of fused-ring (bicyclic) bond motifs is 4. The van der Waals surface area contributed by atoms with E-state index in [1.165, 1.54) is 137 Å². The van der Waals surface area contributed by atoms with Gasteiger partial charge in [0.25, 0.3) is 0 Å². The third kappa shape index (κ3) is 14.5. The Kier molecular flexibility index (Phi) is 19.7. The van der Waals surface area contributed by atoms with Crippen LogP contribution in [0.2, 0.25) is 0 Å². The molecular formula is C88H70N4S5. The molecule has 0 unspecified atom stereocenters. The number of hydrogen-bond acceptors (Lipinski definition) is 9. The van der Waals surface area contributed by atoms with Crippen molar-refractivity contribution in [2.45, 2.75) is 0 Å². The maximum absolute atomic E-state index is 2.29. The highest BCUT2D eigenvalue weighted by Gasteiger charge is 2.16. The predicted molar refractivity (Wildman–Crippen MR) is 430 cm³/mol. The maximum atomic E-state index is 2.29. The van der Waals surface area contributed by atoms with Crippen LogP contribution in [-0.4, -0.2) is 28.2 Å². The van der Waals surface area contributed by atoms with Crippen molar-refractivity contribution in [2.75, 3.05) is 47.8 Å². The molecule has 0 spiro atoms. The zero-order chi connectivity index (χ0) is 65.9. The Bertz CT molecular complexity index is 5380. The molecule has 0 saturated carbocycles. The smallest absolute Gasteiger partial charge is 0.0957 e. The fourth-order valence-corrected chi connectivity index (χ4v) is 17.2. The molecular weight excluding hydrogens is 1270 g/mol. The summed E-state index contributed by atoms with van der Waals surface area (Å²) in [5, 5.41) is 15.3. The summed E-state index contributed by atoms with van der Waals surface area (Å²) in [4.78, 5) is 16.9. The number of nitrogens with zero attached hydrogens (tertiary/aromatic N) is 4. The van der Waals surface area contributed by atoms with Gasteiger partial charge >= 0.3 is 0 Å². The number of para-hydroxylation sites is 2. The van der Waals surface area contributed by atoms with E-state index < -0.39 is 0 Å². The van der Waals surface area contributed by atoms with Gasteiger partial charge in [-0.25, -0.2) is 0 Å². The van der Waals surface area contributed by atoms with Gasteiger partial charge in [-0.2, -0.15) is 0 Å². The van der Waals surface area contributed by atoms with E-state index >= 15 is 0 Å². The zero-order valence-electron chi connectivity index (χ0n) is 54.3. The van der Waals surface area contributed by atoms with Gasteiger partial charge in [-0.15, -0.1) is 56.7 Å². The van der Waals surface area contributed by atoms with Crippen LogP contribution in [0.15, 0.2) is 352 Å². The lowest BCUT2D eigenvalue weighted by molar-refractivity contribution is 1.24. The Labute approximate surface area is 589 Å². The Morgan fingerprint density at radius 1 is 0.186 bits per heavy atom. The molecule has 472 valence electrons. The number of hydrogen-bond donors (Lipinski definition) is 0. The van der Waals surface area contributed by atoms with Gasteiger partial charge in [0.2, 0.25) is 0 Å². The second-order valence-corrected chi connectivity index (χ2v) is 28.7. The van der Waals surface area contributed by atoms with Gasteiger partial charge in [0.1, 0.15) is 0 Å². The van der Waals surface area contributed by atoms with Crippen LogP contribution in [0.25, 0.3) is 94.6 Å². The second kappa shape index (κ2) is 30.0. The van der Waals surface area contributed by atoms with Crippen molar-refractivity contribution < 1.29 is 0 Å². The molecule has 0 aliphatic heterocycles. The number of thiophene rings is 5. The third-order valence-electron chi connectivity index (χ3n) is 17.3. The standard InChI is InChI=1S/C25H19NS.C21H17NS2.2C21H17NS/c1-26(23-15-7-11-19-9-3-5-13-21(19)23)25-17-16-24(27-25)22-14-6-10-18-8-2-4-12-20(18)22;1-22(17-10-6-3-7-11-17)21-15-14-20(24-21)19-13-12-18(23-19)16-8-4-2-5-9-16;1-22(17-10-3-2-4-11-17)21-15-14-20(23-21)19-13-7-9-16-8-5-6-12-18(16)19;1-22(19-13-7-11-16-8-5-6-12-18(16)19)21-15-14-20(23-21)17-9-3-2-4-10-17/h2-17H,1H3;2-15H,1H3;2*2-15H,1H3. The van der Waals surface area contributed by atoms with Crippen LogP contribution in [0.4, 0.5) is 42.8 Å². The van der Waals surface area contributed by atoms with Crippen LogP contribution in [0.5, 0.6) is 0 Å². The molecule has 0 fully saturated rings. The highest BCUT2D eigenvalue weighted by Crippen LogP contribution is 2.45. The number of anilines is 8. The summed E-state index contributed by atoms with van der Waals surface area (Å²) < 4.78 is 0. The predicted octanol–water partition coefficient (Wildman–Crippen LogP) is 27.1. The van der Waals surface area contributed by atoms with Crippen LogP contribution in [-0.2, 0) is 0 Å². The molecule has 12 aromatic carbocycles. The van der Waals surface area contributed by atoms with Crippen molar-refractivity contribution >= 4 is 143 Å². The summed E-state index contributed by atoms with van der Waals surface area (Å²) in [6.07, 6.45) is 0. The Balaban J connectivity index is 0.000000111. The molecule has 0 N–H and O–H groups in total. The van der Waals surface area contributed by atoms with Crippen LogP contribution < -0.4 is 19.6 Å². The highest BCUT2D eigenvalue weighted by atomic mass is 32.1. The molecule has 5 aromatic heterocycles. The van der Waals surface area contributed by atoms with Crippen molar-refractivity contribution in [2.24, 2.45) is 0 Å². The van der Waals surface area contributed by atoms with E-state index in [-0.39, 0.29) is 0 Å². The highest BCUT2D eigenvalue weighted by molar-refractivity contribution is 7.25. The minimum atomic E-state index is 1.21. The van der Waals surface area contributed by atoms with Crippen molar-refractivity contribution in [1.29, 1.82) is 0 Å². The lowest BCUT2D eigenvalue weighted by atomic mass is 10.0. The summed E-state index contributed by atoms with van der Waals surface area (Å²) in [6.45, 7) is 0. The summed E-state index contributed by atoms with van der Waals surface area (Å²) in [6, 6.07) is 125. The molecule has 0 atom stereocenters. The summed E-state index contributed by atoms with van der Waals surface area (Å²) in [5.74, 6) is 0. The van der Waals surface area contributed by atoms with Gasteiger partial charge in [-0.05, 0) is 152 Å². The van der Waals surface area contributed by atoms with Gasteiger partial charge in [0.15, 0.2) is 0 Å². The van der Waals surface area contributed by atoms with Crippen LogP contribution >= 0.6 is 56.7 Å². The number of benzene rings is 12. The Morgan fingerprint density at radius 2 is 0.454 bits per heavy atom. The molecule has 9 heteroatoms. The molecule has 17 rings (SSSR count). The fourth-order valence-electron chi connectivity index (χ4n) is 12.1. The summed E-state index contributed by atoms with van der Waals surface area (Å²) in [5.41, 5.74) is 10.1. The SMILES string of the molecule is CN(c1ccc(-c2cccc3ccccc23)s1)c1cccc2ccccc12.CN(c1ccc(-c2ccccc2)s1)c1cccc2ccccc12.CN(c1ccccc1)c1ccc(-c2ccc(-c3ccccc3)s2)s1.CN(c1ccccc1)c1ccc(-c2cccc3ccccc23)s1. The molecule has 0 radical (unpaired) electrons. The topological polar surface area (TPSA) is 13.0 Å². The minimum Gasteiger partial charge on any atom is -0.336 e. The monoisotopic (exact) mass is 1340 g/mol. The normalized spacial score (nSPS) is 10.9. The molecule has 17 aromatic rings. The minimum absolute atomic E-state index is 1.21. The van der Waals surface area contributed by atoms with E-state index in [4.69, 9.17) is 0 Å². The molecule has 0 amide bonds. The van der Waals surface area contributed by atoms with Crippen molar-refractivity contribution in [3.63, 3.8) is 0 Å². The molecule has 0 saturated heterocycles. The quantitative estimate of drug-likeness (QED) is 0.114. The van der Waals surface area contributed by atoms with Crippen LogP contribution in [0.1, 0.15) is 0 Å². The van der Waals surface area contributed by atoms with Crippen molar-refractivity contribution in [3.8, 4) is 51.5 Å². The molecule has 5 heterocycles. The van der Waals surface area contributed by atoms with Crippen LogP contribution in [0.3, 0.4) is 0 Å². The molecule has 0 aliphatic carbocycles. The van der Waals surface area contributed by atoms with E-state index in [0.717, 1.165) is 0 Å². The Hall–Kier alpha value is -10.6. The van der Waals surface area contributed by atoms with Gasteiger partial charge in [-0.1, -0.05) is 255 Å². The van der Waals surface area contributed by atoms with Gasteiger partial charge < -0.3 is 19.6 Å². The largest absolute Gasteiger partial charge is 0.336 e. The lowest BCUT2D eigenvalue weighted by Gasteiger charge is -2.19. The maximum Gasteiger partial charge on any atom is 0.0957 e. The summed E-state index contributed by atoms with van der Waals surface area (Å²) >= 11 is 9.18. The van der Waals surface area contributed by atoms with E-state index in [0.29, 0.717) is 0 Å². The molecule has 4 nitrogen and oxygen atoms in total. The van der Waals surface area contributed by atoms with Crippen molar-refractivity contribution in [3.05, 3.63) is 352 Å². The summed E-state index contributed by atoms with van der Waals surface area (Å²) in [7, 11) is 8.53. The average Bonchev–Trinajstić information content (AvgIpc) is 1.80. The van der Waals surface area contributed by atoms with Crippen LogP contribution in [0, 0.1) is 0 Å². The fraction of sp³-hybridized carbons (Fsp3) is 0.0455. The third-order valence-corrected chi connectivity index (χ3v) is 23.4. The molecule has 0 aliphatic rings. The zero-order valence-corrected chi connectivity index (χ0v) is 58.4. The first kappa shape index (κ1) is 63.8. The van der Waals surface area contributed by atoms with Crippen molar-refractivity contribution in [1.82, 2.24) is 0 Å². The number of rotatable bonds is 13. The lowest BCUT2D eigenvalue weighted by Crippen LogP contribution is -2.07. The first-order valence-electron chi connectivity index (χ1n) is 32.4. The first-order chi connectivity index (χ1) is 47.8. The average molecular weight is 1340 g/mol. The Morgan fingerprint density at radius 3 is 0.887 bits per heavy atom. The van der Waals surface area contributed by atoms with Gasteiger partial charge in [0, 0.05) is 91.0 Å². The van der Waals surface area contributed by atoms with E-state index in [1.54, 1.807) is 0 Å². The van der Waals surface area contributed by atoms with E-state index in [2.05, 4.69) is 388 Å². The van der Waals surface area contributed by atoms with E-state index in [9.17, 15) is 0 Å². The second-order valence-electron chi connectivity index (χ2n) is 23.4. The van der Waals surface area contributed by atoms with Gasteiger partial charge in [0.05, 0.1) is 20.0 Å².